The Bertz CT molecular complexity index is 610. The van der Waals surface area contributed by atoms with Crippen molar-refractivity contribution in [1.29, 1.82) is 0 Å². The van der Waals surface area contributed by atoms with E-state index < -0.39 is 32.4 Å². The summed E-state index contributed by atoms with van der Waals surface area (Å²) >= 11 is 0. The van der Waals surface area contributed by atoms with Gasteiger partial charge in [-0.2, -0.15) is 0 Å². The van der Waals surface area contributed by atoms with Crippen molar-refractivity contribution in [3.05, 3.63) is 29.6 Å². The minimum atomic E-state index is -3.29. The fourth-order valence-electron chi connectivity index (χ4n) is 1.27. The molecule has 0 aliphatic carbocycles. The van der Waals surface area contributed by atoms with Crippen LogP contribution in [0.15, 0.2) is 23.1 Å². The van der Waals surface area contributed by atoms with Gasteiger partial charge in [-0.15, -0.1) is 0 Å². The summed E-state index contributed by atoms with van der Waals surface area (Å²) in [6.07, 6.45) is 0. The van der Waals surface area contributed by atoms with Gasteiger partial charge in [-0.25, -0.2) is 17.6 Å². The maximum absolute atomic E-state index is 13.4. The Kier molecular flexibility index (Phi) is 5.19. The number of carboxylic acids is 1. The molecule has 1 unspecified atom stereocenters. The van der Waals surface area contributed by atoms with Crippen LogP contribution in [0.4, 0.5) is 4.39 Å². The Morgan fingerprint density at radius 3 is 2.58 bits per heavy atom. The standard InChI is InChI=1S/C11H13FO5S2/c1-2-19(16,17)6-5-18(15)10-7-8(11(13)14)3-4-9(10)12/h3-4,7H,2,5-6H2,1H3,(H,13,14). The summed E-state index contributed by atoms with van der Waals surface area (Å²) in [6.45, 7) is 1.46. The second-order valence-electron chi connectivity index (χ2n) is 3.74. The molecule has 0 fully saturated rings. The summed E-state index contributed by atoms with van der Waals surface area (Å²) in [5, 5.41) is 8.76. The zero-order chi connectivity index (χ0) is 14.6. The highest BCUT2D eigenvalue weighted by molar-refractivity contribution is 7.93. The molecule has 0 amide bonds. The Labute approximate surface area is 112 Å². The van der Waals surface area contributed by atoms with Gasteiger partial charge in [-0.3, -0.25) is 4.21 Å². The third kappa shape index (κ3) is 4.39. The molecule has 0 radical (unpaired) electrons. The van der Waals surface area contributed by atoms with E-state index in [1.165, 1.54) is 6.92 Å². The first-order chi connectivity index (χ1) is 8.76. The van der Waals surface area contributed by atoms with Gasteiger partial charge >= 0.3 is 5.97 Å². The molecule has 0 bridgehead atoms. The minimum Gasteiger partial charge on any atom is -0.478 e. The minimum absolute atomic E-state index is 0.0815. The van der Waals surface area contributed by atoms with E-state index in [1.54, 1.807) is 0 Å². The van der Waals surface area contributed by atoms with Crippen molar-refractivity contribution in [2.24, 2.45) is 0 Å². The van der Waals surface area contributed by atoms with Crippen molar-refractivity contribution in [3.63, 3.8) is 0 Å². The summed E-state index contributed by atoms with van der Waals surface area (Å²) in [5.41, 5.74) is -0.192. The number of halogens is 1. The first-order valence-corrected chi connectivity index (χ1v) is 8.52. The van der Waals surface area contributed by atoms with Gasteiger partial charge in [0.2, 0.25) is 0 Å². The van der Waals surface area contributed by atoms with Crippen molar-refractivity contribution >= 4 is 26.6 Å². The topological polar surface area (TPSA) is 88.5 Å². The fourth-order valence-corrected chi connectivity index (χ4v) is 3.94. The maximum atomic E-state index is 13.4. The number of carbonyl (C=O) groups is 1. The highest BCUT2D eigenvalue weighted by atomic mass is 32.2. The molecule has 106 valence electrons. The van der Waals surface area contributed by atoms with Crippen molar-refractivity contribution in [1.82, 2.24) is 0 Å². The lowest BCUT2D eigenvalue weighted by Crippen LogP contribution is -2.16. The number of hydrogen-bond donors (Lipinski definition) is 1. The van der Waals surface area contributed by atoms with Crippen LogP contribution in [0, 0.1) is 5.82 Å². The molecular formula is C11H13FO5S2. The number of sulfone groups is 1. The second-order valence-corrected chi connectivity index (χ2v) is 7.75. The van der Waals surface area contributed by atoms with Gasteiger partial charge in [-0.05, 0) is 18.2 Å². The maximum Gasteiger partial charge on any atom is 0.335 e. The van der Waals surface area contributed by atoms with Crippen LogP contribution in [0.25, 0.3) is 0 Å². The first kappa shape index (κ1) is 15.8. The number of benzene rings is 1. The van der Waals surface area contributed by atoms with Gasteiger partial charge in [0.25, 0.3) is 0 Å². The van der Waals surface area contributed by atoms with Gasteiger partial charge in [0.15, 0.2) is 9.84 Å². The summed E-state index contributed by atoms with van der Waals surface area (Å²) in [4.78, 5) is 10.4. The van der Waals surface area contributed by atoms with Crippen molar-refractivity contribution in [2.75, 3.05) is 17.3 Å². The summed E-state index contributed by atoms with van der Waals surface area (Å²) in [7, 11) is -5.18. The van der Waals surface area contributed by atoms with E-state index >= 15 is 0 Å². The second kappa shape index (κ2) is 6.25. The molecular weight excluding hydrogens is 295 g/mol. The van der Waals surface area contributed by atoms with Crippen LogP contribution in [0.3, 0.4) is 0 Å². The molecule has 0 heterocycles. The number of aromatic carboxylic acids is 1. The van der Waals surface area contributed by atoms with E-state index in [2.05, 4.69) is 0 Å². The molecule has 0 spiro atoms. The van der Waals surface area contributed by atoms with Gasteiger partial charge < -0.3 is 5.11 Å². The van der Waals surface area contributed by atoms with E-state index in [-0.39, 0.29) is 27.7 Å². The van der Waals surface area contributed by atoms with Crippen LogP contribution in [-0.4, -0.2) is 41.0 Å². The zero-order valence-electron chi connectivity index (χ0n) is 10.1. The molecule has 1 aromatic rings. The third-order valence-corrected chi connectivity index (χ3v) is 5.79. The lowest BCUT2D eigenvalue weighted by atomic mass is 10.2. The summed E-state index contributed by atoms with van der Waals surface area (Å²) in [6, 6.07) is 2.93. The van der Waals surface area contributed by atoms with Crippen molar-refractivity contribution in [2.45, 2.75) is 11.8 Å². The highest BCUT2D eigenvalue weighted by Crippen LogP contribution is 2.15. The van der Waals surface area contributed by atoms with Crippen LogP contribution in [0.5, 0.6) is 0 Å². The van der Waals surface area contributed by atoms with E-state index in [0.717, 1.165) is 18.2 Å². The molecule has 19 heavy (non-hydrogen) atoms. The summed E-state index contributed by atoms with van der Waals surface area (Å²) in [5.74, 6) is -2.73. The lowest BCUT2D eigenvalue weighted by molar-refractivity contribution is 0.0696. The van der Waals surface area contributed by atoms with Crippen LogP contribution >= 0.6 is 0 Å². The van der Waals surface area contributed by atoms with E-state index in [9.17, 15) is 21.8 Å². The SMILES string of the molecule is CCS(=O)(=O)CCS(=O)c1cc(C(=O)O)ccc1F. The molecule has 5 nitrogen and oxygen atoms in total. The Hall–Kier alpha value is -1.28. The Morgan fingerprint density at radius 2 is 2.05 bits per heavy atom. The number of rotatable bonds is 6. The van der Waals surface area contributed by atoms with Gasteiger partial charge in [0.1, 0.15) is 5.82 Å². The molecule has 1 N–H and O–H groups in total. The molecule has 1 atom stereocenters. The van der Waals surface area contributed by atoms with Gasteiger partial charge in [-0.1, -0.05) is 6.92 Å². The molecule has 0 aromatic heterocycles. The average Bonchev–Trinajstić information content (AvgIpc) is 2.36. The molecule has 0 saturated carbocycles. The van der Waals surface area contributed by atoms with E-state index in [4.69, 9.17) is 5.11 Å². The first-order valence-electron chi connectivity index (χ1n) is 5.38. The van der Waals surface area contributed by atoms with E-state index in [1.807, 2.05) is 0 Å². The highest BCUT2D eigenvalue weighted by Gasteiger charge is 2.16. The van der Waals surface area contributed by atoms with Crippen LogP contribution in [0.1, 0.15) is 17.3 Å². The summed E-state index contributed by atoms with van der Waals surface area (Å²) < 4.78 is 47.8. The van der Waals surface area contributed by atoms with Crippen molar-refractivity contribution in [3.8, 4) is 0 Å². The predicted octanol–water partition coefficient (Wildman–Crippen LogP) is 1.07. The lowest BCUT2D eigenvalue weighted by Gasteiger charge is -2.05. The Morgan fingerprint density at radius 1 is 1.42 bits per heavy atom. The van der Waals surface area contributed by atoms with Crippen molar-refractivity contribution < 1.29 is 26.9 Å². The van der Waals surface area contributed by atoms with Gasteiger partial charge in [0, 0.05) is 11.5 Å². The fraction of sp³-hybridized carbons (Fsp3) is 0.364. The van der Waals surface area contributed by atoms with E-state index in [0.29, 0.717) is 0 Å². The molecule has 8 heteroatoms. The molecule has 0 aliphatic rings. The molecule has 0 aliphatic heterocycles. The normalized spacial score (nSPS) is 13.2. The Balaban J connectivity index is 2.94. The third-order valence-electron chi connectivity index (χ3n) is 2.44. The molecule has 1 rings (SSSR count). The largest absolute Gasteiger partial charge is 0.478 e. The predicted molar refractivity (Wildman–Crippen MR) is 69.0 cm³/mol. The average molecular weight is 308 g/mol. The van der Waals surface area contributed by atoms with Crippen LogP contribution in [-0.2, 0) is 20.6 Å². The number of hydrogen-bond acceptors (Lipinski definition) is 4. The quantitative estimate of drug-likeness (QED) is 0.849. The van der Waals surface area contributed by atoms with Gasteiger partial charge in [0.05, 0.1) is 27.0 Å². The number of carboxylic acid groups (broad SMARTS) is 1. The smallest absolute Gasteiger partial charge is 0.335 e. The van der Waals surface area contributed by atoms with Crippen LogP contribution in [0.2, 0.25) is 0 Å². The van der Waals surface area contributed by atoms with Crippen LogP contribution < -0.4 is 0 Å². The monoisotopic (exact) mass is 308 g/mol. The molecule has 0 saturated heterocycles. The molecule has 1 aromatic carbocycles. The zero-order valence-corrected chi connectivity index (χ0v) is 11.8.